The van der Waals surface area contributed by atoms with Crippen LogP contribution in [0.2, 0.25) is 0 Å². The lowest BCUT2D eigenvalue weighted by Crippen LogP contribution is -2.49. The average molecular weight is 451 g/mol. The molecule has 1 saturated heterocycles. The second-order valence-electron chi connectivity index (χ2n) is 7.64. The highest BCUT2D eigenvalue weighted by molar-refractivity contribution is 6.05. The third-order valence-electron chi connectivity index (χ3n) is 5.49. The predicted molar refractivity (Wildman–Crippen MR) is 109 cm³/mol. The van der Waals surface area contributed by atoms with Gasteiger partial charge >= 0.3 is 12.2 Å². The number of halogens is 3. The van der Waals surface area contributed by atoms with Crippen LogP contribution in [-0.2, 0) is 7.05 Å². The molecule has 0 aromatic carbocycles. The zero-order valence-corrected chi connectivity index (χ0v) is 17.2. The molecule has 13 heteroatoms. The fraction of sp³-hybridized carbons (Fsp3) is 0.421. The maximum Gasteiger partial charge on any atom is 0.408 e. The van der Waals surface area contributed by atoms with Gasteiger partial charge in [0.05, 0.1) is 11.7 Å². The van der Waals surface area contributed by atoms with Crippen LogP contribution in [0.1, 0.15) is 23.8 Å². The smallest absolute Gasteiger partial charge is 0.366 e. The van der Waals surface area contributed by atoms with Crippen LogP contribution in [0.4, 0.5) is 35.2 Å². The third kappa shape index (κ3) is 3.85. The largest absolute Gasteiger partial charge is 0.408 e. The number of fused-ring (bicyclic) bond motifs is 4. The molecule has 2 N–H and O–H groups in total. The summed E-state index contributed by atoms with van der Waals surface area (Å²) in [7, 11) is 1.44. The van der Waals surface area contributed by atoms with Gasteiger partial charge in [-0.15, -0.1) is 0 Å². The standard InChI is InChI=1S/C19H20F3N7O3/c1-10(19(20,21)22)24-16(30)12-3-4-14-15(25-12)29(11-6-8-28(14)9-11)18(32)26-13-5-7-23-27(2)17(13)31/h3-5,7,10-11H,6,8-9H2,1-2H3,(H,24,30)(H,26,32)/t10?,11-/m0/s1. The monoisotopic (exact) mass is 451 g/mol. The van der Waals surface area contributed by atoms with E-state index in [1.807, 2.05) is 10.2 Å². The SMILES string of the molecule is CC(NC(=O)c1ccc2c(n1)N(C(=O)Nc1ccnn(C)c1=O)[C@H]1CCN2C1)C(F)(F)F. The Morgan fingerprint density at radius 3 is 2.72 bits per heavy atom. The summed E-state index contributed by atoms with van der Waals surface area (Å²) in [4.78, 5) is 45.2. The molecule has 1 fully saturated rings. The number of nitrogens with zero attached hydrogens (tertiary/aromatic N) is 5. The van der Waals surface area contributed by atoms with Gasteiger partial charge in [0.1, 0.15) is 17.4 Å². The molecule has 2 atom stereocenters. The fourth-order valence-electron chi connectivity index (χ4n) is 3.73. The van der Waals surface area contributed by atoms with Crippen molar-refractivity contribution in [3.8, 4) is 0 Å². The molecule has 10 nitrogen and oxygen atoms in total. The Balaban J connectivity index is 1.65. The molecule has 2 aromatic heterocycles. The lowest BCUT2D eigenvalue weighted by atomic mass is 10.1. The number of pyridine rings is 1. The molecule has 32 heavy (non-hydrogen) atoms. The van der Waals surface area contributed by atoms with E-state index >= 15 is 0 Å². The van der Waals surface area contributed by atoms with E-state index in [0.717, 1.165) is 11.6 Å². The van der Waals surface area contributed by atoms with Gasteiger partial charge in [0.15, 0.2) is 5.82 Å². The minimum Gasteiger partial charge on any atom is -0.366 e. The molecule has 2 bridgehead atoms. The molecule has 0 spiro atoms. The van der Waals surface area contributed by atoms with Gasteiger partial charge in [-0.3, -0.25) is 14.5 Å². The molecule has 0 radical (unpaired) electrons. The molecule has 0 aliphatic carbocycles. The number of nitrogens with one attached hydrogen (secondary N) is 2. The van der Waals surface area contributed by atoms with Crippen molar-refractivity contribution in [2.45, 2.75) is 31.6 Å². The summed E-state index contributed by atoms with van der Waals surface area (Å²) in [5.41, 5.74) is -0.160. The van der Waals surface area contributed by atoms with Crippen LogP contribution >= 0.6 is 0 Å². The molecule has 4 heterocycles. The third-order valence-corrected chi connectivity index (χ3v) is 5.49. The van der Waals surface area contributed by atoms with Crippen molar-refractivity contribution in [2.75, 3.05) is 28.2 Å². The fourth-order valence-corrected chi connectivity index (χ4v) is 3.73. The van der Waals surface area contributed by atoms with E-state index in [4.69, 9.17) is 0 Å². The minimum atomic E-state index is -4.60. The Hall–Kier alpha value is -3.64. The Kier molecular flexibility index (Phi) is 5.26. The summed E-state index contributed by atoms with van der Waals surface area (Å²) >= 11 is 0. The molecular formula is C19H20F3N7O3. The van der Waals surface area contributed by atoms with Gasteiger partial charge in [0.2, 0.25) is 0 Å². The Morgan fingerprint density at radius 1 is 1.25 bits per heavy atom. The maximum absolute atomic E-state index is 13.1. The Morgan fingerprint density at radius 2 is 2.00 bits per heavy atom. The molecular weight excluding hydrogens is 431 g/mol. The average Bonchev–Trinajstić information content (AvgIpc) is 3.14. The second-order valence-corrected chi connectivity index (χ2v) is 7.64. The number of hydrogen-bond acceptors (Lipinski definition) is 6. The van der Waals surface area contributed by atoms with Crippen LogP contribution in [0.5, 0.6) is 0 Å². The number of anilines is 3. The normalized spacial score (nSPS) is 18.2. The van der Waals surface area contributed by atoms with Gasteiger partial charge in [0, 0.05) is 26.3 Å². The molecule has 2 aliphatic heterocycles. The van der Waals surface area contributed by atoms with Gasteiger partial charge in [0.25, 0.3) is 11.5 Å². The first-order chi connectivity index (χ1) is 15.1. The second kappa shape index (κ2) is 7.80. The van der Waals surface area contributed by atoms with E-state index in [-0.39, 0.29) is 23.2 Å². The maximum atomic E-state index is 13.1. The summed E-state index contributed by atoms with van der Waals surface area (Å²) < 4.78 is 39.5. The van der Waals surface area contributed by atoms with Gasteiger partial charge in [-0.1, -0.05) is 0 Å². The molecule has 2 aliphatic rings. The van der Waals surface area contributed by atoms with Crippen molar-refractivity contribution in [2.24, 2.45) is 7.05 Å². The van der Waals surface area contributed by atoms with Crippen molar-refractivity contribution in [1.29, 1.82) is 0 Å². The Labute approximate surface area is 180 Å². The summed E-state index contributed by atoms with van der Waals surface area (Å²) in [6.45, 7) is 2.02. The number of rotatable bonds is 3. The summed E-state index contributed by atoms with van der Waals surface area (Å²) in [6.07, 6.45) is -2.61. The van der Waals surface area contributed by atoms with E-state index in [2.05, 4.69) is 15.4 Å². The molecule has 1 unspecified atom stereocenters. The minimum absolute atomic E-state index is 0.0161. The number of carbonyl (C=O) groups excluding carboxylic acids is 2. The number of aryl methyl sites for hydroxylation is 1. The number of hydrogen-bond donors (Lipinski definition) is 2. The topological polar surface area (TPSA) is 112 Å². The van der Waals surface area contributed by atoms with Crippen LogP contribution < -0.4 is 26.0 Å². The van der Waals surface area contributed by atoms with Crippen LogP contribution in [0, 0.1) is 0 Å². The van der Waals surface area contributed by atoms with Gasteiger partial charge < -0.3 is 15.5 Å². The number of alkyl halides is 3. The predicted octanol–water partition coefficient (Wildman–Crippen LogP) is 1.49. The van der Waals surface area contributed by atoms with E-state index in [9.17, 15) is 27.6 Å². The van der Waals surface area contributed by atoms with E-state index in [0.29, 0.717) is 25.2 Å². The zero-order chi connectivity index (χ0) is 23.2. The first-order valence-corrected chi connectivity index (χ1v) is 9.82. The van der Waals surface area contributed by atoms with Crippen molar-refractivity contribution >= 4 is 29.1 Å². The van der Waals surface area contributed by atoms with Gasteiger partial charge in [-0.2, -0.15) is 18.3 Å². The number of urea groups is 1. The number of amides is 3. The summed E-state index contributed by atoms with van der Waals surface area (Å²) in [5.74, 6) is -0.858. The summed E-state index contributed by atoms with van der Waals surface area (Å²) in [5, 5.41) is 8.22. The lowest BCUT2D eigenvalue weighted by Gasteiger charge is -2.35. The van der Waals surface area contributed by atoms with Crippen LogP contribution in [0.25, 0.3) is 0 Å². The lowest BCUT2D eigenvalue weighted by molar-refractivity contribution is -0.149. The van der Waals surface area contributed by atoms with Crippen LogP contribution in [-0.4, -0.2) is 58.1 Å². The molecule has 4 rings (SSSR count). The molecule has 0 saturated carbocycles. The van der Waals surface area contributed by atoms with Crippen molar-refractivity contribution < 1.29 is 22.8 Å². The zero-order valence-electron chi connectivity index (χ0n) is 17.2. The highest BCUT2D eigenvalue weighted by Gasteiger charge is 2.41. The van der Waals surface area contributed by atoms with Gasteiger partial charge in [-0.25, -0.2) is 14.5 Å². The Bertz CT molecular complexity index is 1130. The quantitative estimate of drug-likeness (QED) is 0.731. The van der Waals surface area contributed by atoms with Gasteiger partial charge in [-0.05, 0) is 31.5 Å². The number of carbonyl (C=O) groups is 2. The highest BCUT2D eigenvalue weighted by Crippen LogP contribution is 2.39. The molecule has 3 amide bonds. The highest BCUT2D eigenvalue weighted by atomic mass is 19.4. The van der Waals surface area contributed by atoms with Crippen molar-refractivity contribution in [3.05, 3.63) is 40.4 Å². The van der Waals surface area contributed by atoms with E-state index in [1.54, 1.807) is 6.07 Å². The van der Waals surface area contributed by atoms with Crippen molar-refractivity contribution in [1.82, 2.24) is 20.1 Å². The summed E-state index contributed by atoms with van der Waals surface area (Å²) in [6, 6.07) is 1.29. The number of aromatic nitrogens is 3. The first-order valence-electron chi connectivity index (χ1n) is 9.82. The van der Waals surface area contributed by atoms with E-state index < -0.39 is 29.7 Å². The first kappa shape index (κ1) is 21.6. The van der Waals surface area contributed by atoms with Crippen LogP contribution in [0.3, 0.4) is 0 Å². The van der Waals surface area contributed by atoms with Crippen LogP contribution in [0.15, 0.2) is 29.2 Å². The molecule has 2 aromatic rings. The van der Waals surface area contributed by atoms with Crippen molar-refractivity contribution in [3.63, 3.8) is 0 Å². The molecule has 170 valence electrons. The van der Waals surface area contributed by atoms with E-state index in [1.165, 1.54) is 30.3 Å².